The molecule has 3 rings (SSSR count). The lowest BCUT2D eigenvalue weighted by Gasteiger charge is -2.38. The largest absolute Gasteiger partial charge is 0.310 e. The summed E-state index contributed by atoms with van der Waals surface area (Å²) in [4.78, 5) is 14.6. The molecule has 1 atom stereocenters. The zero-order valence-corrected chi connectivity index (χ0v) is 16.4. The molecule has 0 radical (unpaired) electrons. The number of halogens is 1. The van der Waals surface area contributed by atoms with E-state index in [0.29, 0.717) is 6.54 Å². The first-order valence-electron chi connectivity index (χ1n) is 7.96. The van der Waals surface area contributed by atoms with Crippen molar-refractivity contribution in [3.05, 3.63) is 58.6 Å². The summed E-state index contributed by atoms with van der Waals surface area (Å²) in [6.07, 6.45) is 0. The van der Waals surface area contributed by atoms with Crippen molar-refractivity contribution in [1.29, 1.82) is 0 Å². The van der Waals surface area contributed by atoms with Crippen LogP contribution in [0, 0.1) is 6.92 Å². The number of aryl methyl sites for hydroxylation is 1. The molecule has 1 saturated heterocycles. The molecule has 0 aliphatic carbocycles. The first-order chi connectivity index (χ1) is 11.8. The van der Waals surface area contributed by atoms with Gasteiger partial charge in [0.2, 0.25) is 15.9 Å². The van der Waals surface area contributed by atoms with Crippen LogP contribution in [0.2, 0.25) is 0 Å². The Hall–Kier alpha value is -1.70. The van der Waals surface area contributed by atoms with E-state index >= 15 is 0 Å². The summed E-state index contributed by atoms with van der Waals surface area (Å²) in [5, 5.41) is 0. The van der Waals surface area contributed by atoms with E-state index in [1.807, 2.05) is 31.2 Å². The molecule has 1 fully saturated rings. The molecule has 25 heavy (non-hydrogen) atoms. The fourth-order valence-electron chi connectivity index (χ4n) is 2.90. The van der Waals surface area contributed by atoms with Crippen molar-refractivity contribution in [2.24, 2.45) is 0 Å². The van der Waals surface area contributed by atoms with Crippen LogP contribution in [-0.4, -0.2) is 37.8 Å². The summed E-state index contributed by atoms with van der Waals surface area (Å²) in [7, 11) is -3.69. The number of carbonyl (C=O) groups excluding carboxylic acids is 1. The molecule has 2 aromatic carbocycles. The number of sulfonamides is 1. The zero-order chi connectivity index (χ0) is 18.2. The molecule has 1 aliphatic rings. The van der Waals surface area contributed by atoms with E-state index in [1.165, 1.54) is 4.31 Å². The molecular weight excluding hydrogens is 404 g/mol. The van der Waals surface area contributed by atoms with Gasteiger partial charge in [-0.1, -0.05) is 33.6 Å². The van der Waals surface area contributed by atoms with Gasteiger partial charge in [-0.25, -0.2) is 8.42 Å². The highest BCUT2D eigenvalue weighted by Crippen LogP contribution is 2.26. The number of piperazine rings is 1. The Morgan fingerprint density at radius 2 is 1.60 bits per heavy atom. The standard InChI is InChI=1S/C18H19BrN2O3S/c1-13-3-9-17(10-4-13)25(23,24)21-12-11-20(18(22)14(21)2)16-7-5-15(19)6-8-16/h3-10,14H,11-12H2,1-2H3/t14-/m1/s1. The maximum Gasteiger partial charge on any atom is 0.245 e. The number of rotatable bonds is 3. The highest BCUT2D eigenvalue weighted by atomic mass is 79.9. The quantitative estimate of drug-likeness (QED) is 0.762. The van der Waals surface area contributed by atoms with E-state index in [2.05, 4.69) is 15.9 Å². The summed E-state index contributed by atoms with van der Waals surface area (Å²) >= 11 is 3.37. The minimum absolute atomic E-state index is 0.217. The molecule has 132 valence electrons. The van der Waals surface area contributed by atoms with Crippen molar-refractivity contribution in [1.82, 2.24) is 4.31 Å². The van der Waals surface area contributed by atoms with Gasteiger partial charge in [0.15, 0.2) is 0 Å². The number of amides is 1. The topological polar surface area (TPSA) is 57.7 Å². The molecule has 0 spiro atoms. The van der Waals surface area contributed by atoms with E-state index < -0.39 is 16.1 Å². The number of benzene rings is 2. The van der Waals surface area contributed by atoms with Gasteiger partial charge in [-0.3, -0.25) is 4.79 Å². The van der Waals surface area contributed by atoms with Crippen molar-refractivity contribution in [3.63, 3.8) is 0 Å². The van der Waals surface area contributed by atoms with Gasteiger partial charge in [-0.05, 0) is 50.2 Å². The van der Waals surface area contributed by atoms with Crippen LogP contribution in [0.5, 0.6) is 0 Å². The van der Waals surface area contributed by atoms with Crippen LogP contribution >= 0.6 is 15.9 Å². The van der Waals surface area contributed by atoms with Crippen LogP contribution in [0.3, 0.4) is 0 Å². The van der Waals surface area contributed by atoms with Gasteiger partial charge in [0.1, 0.15) is 6.04 Å². The lowest BCUT2D eigenvalue weighted by Crippen LogP contribution is -2.57. The summed E-state index contributed by atoms with van der Waals surface area (Å²) < 4.78 is 28.0. The van der Waals surface area contributed by atoms with E-state index in [9.17, 15) is 13.2 Å². The Labute approximate surface area is 156 Å². The number of hydrogen-bond acceptors (Lipinski definition) is 3. The van der Waals surface area contributed by atoms with Gasteiger partial charge >= 0.3 is 0 Å². The molecule has 1 amide bonds. The molecule has 7 heteroatoms. The number of hydrogen-bond donors (Lipinski definition) is 0. The molecule has 1 aliphatic heterocycles. The molecule has 1 heterocycles. The Bertz CT molecular complexity index is 880. The third-order valence-corrected chi connectivity index (χ3v) is 6.88. The molecule has 0 unspecified atom stereocenters. The third-order valence-electron chi connectivity index (χ3n) is 4.37. The predicted octanol–water partition coefficient (Wildman–Crippen LogP) is 3.18. The fraction of sp³-hybridized carbons (Fsp3) is 0.278. The second-order valence-corrected chi connectivity index (χ2v) is 8.88. The predicted molar refractivity (Wildman–Crippen MR) is 101 cm³/mol. The van der Waals surface area contributed by atoms with Gasteiger partial charge in [0.05, 0.1) is 4.90 Å². The summed E-state index contributed by atoms with van der Waals surface area (Å²) in [6.45, 7) is 4.13. The lowest BCUT2D eigenvalue weighted by molar-refractivity contribution is -0.123. The van der Waals surface area contributed by atoms with Crippen LogP contribution < -0.4 is 4.90 Å². The molecule has 0 bridgehead atoms. The average Bonchev–Trinajstić information content (AvgIpc) is 2.58. The smallest absolute Gasteiger partial charge is 0.245 e. The van der Waals surface area contributed by atoms with Crippen LogP contribution in [0.1, 0.15) is 12.5 Å². The summed E-state index contributed by atoms with van der Waals surface area (Å²) in [5.41, 5.74) is 1.76. The van der Waals surface area contributed by atoms with Gasteiger partial charge in [0, 0.05) is 23.2 Å². The molecule has 5 nitrogen and oxygen atoms in total. The van der Waals surface area contributed by atoms with Gasteiger partial charge < -0.3 is 4.90 Å². The van der Waals surface area contributed by atoms with Crippen molar-refractivity contribution >= 4 is 37.5 Å². The fourth-order valence-corrected chi connectivity index (χ4v) is 4.75. The normalized spacial score (nSPS) is 19.2. The molecular formula is C18H19BrN2O3S. The Morgan fingerprint density at radius 3 is 2.20 bits per heavy atom. The number of nitrogens with zero attached hydrogens (tertiary/aromatic N) is 2. The van der Waals surface area contributed by atoms with Gasteiger partial charge in [0.25, 0.3) is 0 Å². The molecule has 0 aromatic heterocycles. The van der Waals surface area contributed by atoms with Crippen molar-refractivity contribution in [2.45, 2.75) is 24.8 Å². The molecule has 2 aromatic rings. The molecule has 0 N–H and O–H groups in total. The monoisotopic (exact) mass is 422 g/mol. The van der Waals surface area contributed by atoms with Crippen molar-refractivity contribution in [3.8, 4) is 0 Å². The van der Waals surface area contributed by atoms with Crippen LogP contribution in [-0.2, 0) is 14.8 Å². The summed E-state index contributed by atoms with van der Waals surface area (Å²) in [5.74, 6) is -0.218. The van der Waals surface area contributed by atoms with Crippen LogP contribution in [0.4, 0.5) is 5.69 Å². The minimum atomic E-state index is -3.69. The Kier molecular flexibility index (Phi) is 4.99. The Morgan fingerprint density at radius 1 is 1.00 bits per heavy atom. The van der Waals surface area contributed by atoms with E-state index in [0.717, 1.165) is 15.7 Å². The van der Waals surface area contributed by atoms with Gasteiger partial charge in [-0.15, -0.1) is 0 Å². The lowest BCUT2D eigenvalue weighted by atomic mass is 10.2. The maximum atomic E-state index is 12.9. The number of carbonyl (C=O) groups is 1. The minimum Gasteiger partial charge on any atom is -0.310 e. The second-order valence-electron chi connectivity index (χ2n) is 6.07. The first-order valence-corrected chi connectivity index (χ1v) is 10.2. The van der Waals surface area contributed by atoms with Gasteiger partial charge in [-0.2, -0.15) is 4.31 Å². The summed E-state index contributed by atoms with van der Waals surface area (Å²) in [6, 6.07) is 13.4. The SMILES string of the molecule is Cc1ccc(S(=O)(=O)N2CCN(c3ccc(Br)cc3)C(=O)[C@H]2C)cc1. The second kappa shape index (κ2) is 6.90. The van der Waals surface area contributed by atoms with Crippen molar-refractivity contribution in [2.75, 3.05) is 18.0 Å². The highest BCUT2D eigenvalue weighted by molar-refractivity contribution is 9.10. The maximum absolute atomic E-state index is 12.9. The number of anilines is 1. The van der Waals surface area contributed by atoms with Crippen molar-refractivity contribution < 1.29 is 13.2 Å². The first kappa shape index (κ1) is 18.1. The Balaban J connectivity index is 1.86. The highest BCUT2D eigenvalue weighted by Gasteiger charge is 2.39. The van der Waals surface area contributed by atoms with Crippen LogP contribution in [0.15, 0.2) is 57.9 Å². The third kappa shape index (κ3) is 3.49. The average molecular weight is 423 g/mol. The zero-order valence-electron chi connectivity index (χ0n) is 14.0. The molecule has 0 saturated carbocycles. The van der Waals surface area contributed by atoms with E-state index in [1.54, 1.807) is 36.1 Å². The van der Waals surface area contributed by atoms with E-state index in [4.69, 9.17) is 0 Å². The van der Waals surface area contributed by atoms with Crippen LogP contribution in [0.25, 0.3) is 0 Å². The van der Waals surface area contributed by atoms with E-state index in [-0.39, 0.29) is 17.3 Å².